The van der Waals surface area contributed by atoms with Crippen LogP contribution in [0, 0.1) is 0 Å². The molecule has 1 fully saturated rings. The van der Waals surface area contributed by atoms with Crippen LogP contribution in [-0.2, 0) is 18.1 Å². The van der Waals surface area contributed by atoms with E-state index >= 15 is 0 Å². The third kappa shape index (κ3) is 5.61. The summed E-state index contributed by atoms with van der Waals surface area (Å²) >= 11 is 1.32. The fourth-order valence-corrected chi connectivity index (χ4v) is 4.37. The highest BCUT2D eigenvalue weighted by Gasteiger charge is 2.32. The van der Waals surface area contributed by atoms with Gasteiger partial charge in [-0.05, 0) is 48.7 Å². The monoisotopic (exact) mass is 493 g/mol. The van der Waals surface area contributed by atoms with Crippen molar-refractivity contribution in [2.75, 3.05) is 13.2 Å². The number of halogens is 3. The van der Waals surface area contributed by atoms with E-state index in [1.807, 2.05) is 27.0 Å². The van der Waals surface area contributed by atoms with Crippen molar-refractivity contribution in [3.05, 3.63) is 69.4 Å². The average molecular weight is 494 g/mol. The minimum atomic E-state index is -4.59. The van der Waals surface area contributed by atoms with Crippen LogP contribution in [0.2, 0.25) is 0 Å². The minimum absolute atomic E-state index is 0.0839. The van der Waals surface area contributed by atoms with Crippen molar-refractivity contribution in [3.63, 3.8) is 0 Å². The van der Waals surface area contributed by atoms with Gasteiger partial charge < -0.3 is 19.0 Å². The zero-order valence-corrected chi connectivity index (χ0v) is 19.9. The van der Waals surface area contributed by atoms with Gasteiger partial charge >= 0.3 is 6.18 Å². The number of nitrogens with zero attached hydrogens (tertiary/aromatic N) is 2. The van der Waals surface area contributed by atoms with E-state index in [1.165, 1.54) is 17.4 Å². The van der Waals surface area contributed by atoms with Crippen LogP contribution >= 0.6 is 11.3 Å². The number of alkyl halides is 3. The molecule has 1 N–H and O–H groups in total. The molecule has 1 aliphatic rings. The number of furan rings is 1. The largest absolute Gasteiger partial charge is 0.491 e. The number of amides is 1. The number of carbonyl (C=O) groups is 1. The Morgan fingerprint density at radius 2 is 2.06 bits per heavy atom. The molecule has 0 spiro atoms. The first-order valence-corrected chi connectivity index (χ1v) is 11.7. The van der Waals surface area contributed by atoms with Crippen LogP contribution < -0.4 is 14.9 Å². The Morgan fingerprint density at radius 3 is 2.65 bits per heavy atom. The van der Waals surface area contributed by atoms with Gasteiger partial charge in [0.05, 0.1) is 23.9 Å². The topological polar surface area (TPSA) is 68.8 Å². The molecule has 182 valence electrons. The second-order valence-corrected chi connectivity index (χ2v) is 10.2. The summed E-state index contributed by atoms with van der Waals surface area (Å²) < 4.78 is 53.0. The molecule has 0 aliphatic carbocycles. The maximum Gasteiger partial charge on any atom is 0.416 e. The van der Waals surface area contributed by atoms with Gasteiger partial charge in [-0.2, -0.15) is 18.2 Å². The van der Waals surface area contributed by atoms with E-state index in [0.717, 1.165) is 30.0 Å². The third-order valence-corrected chi connectivity index (χ3v) is 6.91. The van der Waals surface area contributed by atoms with E-state index in [4.69, 9.17) is 9.15 Å². The summed E-state index contributed by atoms with van der Waals surface area (Å²) in [5.74, 6) is -0.0398. The van der Waals surface area contributed by atoms with E-state index in [1.54, 1.807) is 23.0 Å². The van der Waals surface area contributed by atoms with Crippen LogP contribution in [0.4, 0.5) is 13.2 Å². The minimum Gasteiger partial charge on any atom is -0.491 e. The molecule has 1 atom stereocenters. The second-order valence-electron chi connectivity index (χ2n) is 9.21. The summed E-state index contributed by atoms with van der Waals surface area (Å²) in [5.41, 5.74) is -1.35. The molecule has 0 saturated carbocycles. The maximum atomic E-state index is 13.4. The number of hydrogen-bond donors (Lipinski definition) is 1. The maximum absolute atomic E-state index is 13.4. The fourth-order valence-electron chi connectivity index (χ4n) is 3.33. The predicted molar refractivity (Wildman–Crippen MR) is 122 cm³/mol. The molecule has 0 unspecified atom stereocenters. The van der Waals surface area contributed by atoms with Crippen molar-refractivity contribution in [2.45, 2.75) is 51.4 Å². The number of aromatic nitrogens is 1. The molecule has 10 heteroatoms. The van der Waals surface area contributed by atoms with Crippen LogP contribution in [0.3, 0.4) is 0 Å². The van der Waals surface area contributed by atoms with Gasteiger partial charge in [0.2, 0.25) is 0 Å². The Hall–Kier alpha value is -2.85. The molecule has 1 amide bonds. The lowest BCUT2D eigenvalue weighted by Crippen LogP contribution is -2.46. The number of ether oxygens (including phenoxy) is 1. The summed E-state index contributed by atoms with van der Waals surface area (Å²) in [7, 11) is 0. The SMILES string of the molecule is CC(C)(C)c1cn(Cc2ccco2)c(=NC(=O)c2cc(C(F)(F)F)ccc2OC[C@H]2CCN2)s1. The molecule has 1 saturated heterocycles. The van der Waals surface area contributed by atoms with Gasteiger partial charge in [0, 0.05) is 17.1 Å². The van der Waals surface area contributed by atoms with E-state index in [9.17, 15) is 18.0 Å². The number of nitrogens with one attached hydrogen (secondary N) is 1. The Kier molecular flexibility index (Phi) is 6.73. The molecule has 1 aromatic carbocycles. The molecule has 6 nitrogen and oxygen atoms in total. The molecular formula is C24H26F3N3O3S. The molecule has 34 heavy (non-hydrogen) atoms. The van der Waals surface area contributed by atoms with Gasteiger partial charge in [-0.1, -0.05) is 20.8 Å². The van der Waals surface area contributed by atoms with Crippen molar-refractivity contribution in [1.29, 1.82) is 0 Å². The average Bonchev–Trinajstić information content (AvgIpc) is 3.36. The summed E-state index contributed by atoms with van der Waals surface area (Å²) in [6.45, 7) is 7.58. The van der Waals surface area contributed by atoms with Crippen molar-refractivity contribution in [1.82, 2.24) is 9.88 Å². The van der Waals surface area contributed by atoms with Crippen molar-refractivity contribution < 1.29 is 27.1 Å². The van der Waals surface area contributed by atoms with E-state index in [0.29, 0.717) is 17.1 Å². The van der Waals surface area contributed by atoms with Gasteiger partial charge in [0.1, 0.15) is 18.1 Å². The highest BCUT2D eigenvalue weighted by molar-refractivity contribution is 7.09. The Labute approximate surface area is 199 Å². The highest BCUT2D eigenvalue weighted by atomic mass is 32.1. The third-order valence-electron chi connectivity index (χ3n) is 5.47. The Morgan fingerprint density at radius 1 is 1.29 bits per heavy atom. The number of rotatable bonds is 6. The van der Waals surface area contributed by atoms with Crippen LogP contribution in [0.25, 0.3) is 0 Å². The van der Waals surface area contributed by atoms with Crippen LogP contribution in [0.15, 0.2) is 52.2 Å². The van der Waals surface area contributed by atoms with Crippen molar-refractivity contribution in [3.8, 4) is 5.75 Å². The first-order valence-electron chi connectivity index (χ1n) is 10.9. The zero-order valence-electron chi connectivity index (χ0n) is 19.1. The Bertz CT molecular complexity index is 1220. The lowest BCUT2D eigenvalue weighted by atomic mass is 9.95. The van der Waals surface area contributed by atoms with Crippen molar-refractivity contribution in [2.24, 2.45) is 4.99 Å². The molecule has 0 radical (unpaired) electrons. The molecule has 0 bridgehead atoms. The summed E-state index contributed by atoms with van der Waals surface area (Å²) in [6.07, 6.45) is -0.236. The van der Waals surface area contributed by atoms with Crippen LogP contribution in [-0.4, -0.2) is 29.7 Å². The van der Waals surface area contributed by atoms with E-state index in [-0.39, 0.29) is 29.4 Å². The number of benzene rings is 1. The number of carbonyl (C=O) groups excluding carboxylic acids is 1. The van der Waals surface area contributed by atoms with Gasteiger partial charge in [-0.15, -0.1) is 11.3 Å². The van der Waals surface area contributed by atoms with Gasteiger partial charge in [0.25, 0.3) is 5.91 Å². The van der Waals surface area contributed by atoms with Crippen LogP contribution in [0.5, 0.6) is 5.75 Å². The first-order chi connectivity index (χ1) is 16.0. The molecule has 3 aromatic rings. The second kappa shape index (κ2) is 9.42. The number of hydrogen-bond acceptors (Lipinski definition) is 5. The molecule has 3 heterocycles. The molecule has 2 aromatic heterocycles. The lowest BCUT2D eigenvalue weighted by Gasteiger charge is -2.27. The van der Waals surface area contributed by atoms with Crippen molar-refractivity contribution >= 4 is 17.2 Å². The predicted octanol–water partition coefficient (Wildman–Crippen LogP) is 4.99. The standard InChI is InChI=1S/C24H26F3N3O3S/c1-23(2,3)20-13-30(12-17-5-4-10-32-17)22(34-20)29-21(31)18-11-15(24(25,26)27)6-7-19(18)33-14-16-8-9-28-16/h4-7,10-11,13,16,28H,8-9,12,14H2,1-3H3/t16-/m1/s1. The van der Waals surface area contributed by atoms with Gasteiger partial charge in [-0.25, -0.2) is 0 Å². The first kappa shape index (κ1) is 24.3. The quantitative estimate of drug-likeness (QED) is 0.526. The number of thiazole rings is 1. The van der Waals surface area contributed by atoms with E-state index in [2.05, 4.69) is 10.3 Å². The highest BCUT2D eigenvalue weighted by Crippen LogP contribution is 2.33. The summed E-state index contributed by atoms with van der Waals surface area (Å²) in [5, 5.41) is 3.16. The zero-order chi connectivity index (χ0) is 24.5. The van der Waals surface area contributed by atoms with Crippen LogP contribution in [0.1, 0.15) is 53.8 Å². The Balaban J connectivity index is 1.73. The van der Waals surface area contributed by atoms with Gasteiger partial charge in [0.15, 0.2) is 4.80 Å². The summed E-state index contributed by atoms with van der Waals surface area (Å²) in [4.78, 5) is 18.8. The lowest BCUT2D eigenvalue weighted by molar-refractivity contribution is -0.137. The smallest absolute Gasteiger partial charge is 0.416 e. The molecular weight excluding hydrogens is 467 g/mol. The van der Waals surface area contributed by atoms with E-state index < -0.39 is 17.6 Å². The molecule has 4 rings (SSSR count). The van der Waals surface area contributed by atoms with Gasteiger partial charge in [-0.3, -0.25) is 4.79 Å². The molecule has 1 aliphatic heterocycles. The summed E-state index contributed by atoms with van der Waals surface area (Å²) in [6, 6.07) is 6.60. The normalized spacial score (nSPS) is 17.0. The fraction of sp³-hybridized carbons (Fsp3) is 0.417.